The summed E-state index contributed by atoms with van der Waals surface area (Å²) in [5, 5.41) is 0.00806. The standard InChI is InChI=1S/C17H24N4O4S/c1-3-13-15(17(22)25-2)16(21-20-13)26(23,24)19-9-8-11-10-18-14-7-5-4-6-12(11)14/h4-7,10,13,15-16,18-21H,3,8-9H2,1-2H3. The number of aromatic amines is 1. The Labute approximate surface area is 152 Å². The van der Waals surface area contributed by atoms with Gasteiger partial charge in [-0.25, -0.2) is 18.6 Å². The summed E-state index contributed by atoms with van der Waals surface area (Å²) in [7, 11) is -2.48. The Bertz CT molecular complexity index is 880. The Morgan fingerprint density at radius 3 is 2.77 bits per heavy atom. The van der Waals surface area contributed by atoms with Crippen LogP contribution in [0.1, 0.15) is 18.9 Å². The van der Waals surface area contributed by atoms with Crippen LogP contribution in [0.3, 0.4) is 0 Å². The van der Waals surface area contributed by atoms with Gasteiger partial charge in [0, 0.05) is 29.7 Å². The van der Waals surface area contributed by atoms with Crippen molar-refractivity contribution in [2.45, 2.75) is 31.2 Å². The lowest BCUT2D eigenvalue weighted by Gasteiger charge is -2.20. The minimum atomic E-state index is -3.75. The van der Waals surface area contributed by atoms with E-state index in [1.807, 2.05) is 37.4 Å². The molecular weight excluding hydrogens is 356 g/mol. The Kier molecular flexibility index (Phi) is 5.61. The zero-order chi connectivity index (χ0) is 18.7. The van der Waals surface area contributed by atoms with E-state index in [9.17, 15) is 13.2 Å². The minimum absolute atomic E-state index is 0.243. The first kappa shape index (κ1) is 18.8. The predicted molar refractivity (Wildman–Crippen MR) is 98.6 cm³/mol. The highest BCUT2D eigenvalue weighted by Gasteiger charge is 2.47. The average Bonchev–Trinajstić information content (AvgIpc) is 3.25. The summed E-state index contributed by atoms with van der Waals surface area (Å²) in [5.41, 5.74) is 7.67. The third-order valence-electron chi connectivity index (χ3n) is 4.79. The maximum absolute atomic E-state index is 12.7. The van der Waals surface area contributed by atoms with Gasteiger partial charge in [0.05, 0.1) is 7.11 Å². The molecule has 142 valence electrons. The molecule has 1 aliphatic heterocycles. The molecular formula is C17H24N4O4S. The minimum Gasteiger partial charge on any atom is -0.469 e. The topological polar surface area (TPSA) is 112 Å². The number of rotatable bonds is 7. The van der Waals surface area contributed by atoms with Crippen LogP contribution in [0.15, 0.2) is 30.5 Å². The molecule has 2 aromatic rings. The summed E-state index contributed by atoms with van der Waals surface area (Å²) in [6, 6.07) is 7.57. The van der Waals surface area contributed by atoms with Gasteiger partial charge in [0.15, 0.2) is 5.37 Å². The highest BCUT2D eigenvalue weighted by Crippen LogP contribution is 2.23. The summed E-state index contributed by atoms with van der Waals surface area (Å²) in [6.07, 6.45) is 3.04. The van der Waals surface area contributed by atoms with E-state index in [1.165, 1.54) is 7.11 Å². The van der Waals surface area contributed by atoms with Crippen molar-refractivity contribution in [3.05, 3.63) is 36.0 Å². The average molecular weight is 380 g/mol. The number of fused-ring (bicyclic) bond motifs is 1. The second-order valence-electron chi connectivity index (χ2n) is 6.32. The highest BCUT2D eigenvalue weighted by atomic mass is 32.2. The maximum Gasteiger partial charge on any atom is 0.313 e. The summed E-state index contributed by atoms with van der Waals surface area (Å²) in [5.74, 6) is -1.34. The fraction of sp³-hybridized carbons (Fsp3) is 0.471. The second kappa shape index (κ2) is 7.75. The number of methoxy groups -OCH3 is 1. The largest absolute Gasteiger partial charge is 0.469 e. The maximum atomic E-state index is 12.7. The van der Waals surface area contributed by atoms with Gasteiger partial charge in [-0.15, -0.1) is 0 Å². The molecule has 3 rings (SSSR count). The number of benzene rings is 1. The molecule has 9 heteroatoms. The van der Waals surface area contributed by atoms with Crippen molar-refractivity contribution < 1.29 is 17.9 Å². The number of hydrazine groups is 1. The fourth-order valence-corrected chi connectivity index (χ4v) is 4.86. The predicted octanol–water partition coefficient (Wildman–Crippen LogP) is 0.632. The van der Waals surface area contributed by atoms with Crippen LogP contribution < -0.4 is 15.6 Å². The molecule has 3 atom stereocenters. The molecule has 0 amide bonds. The molecule has 26 heavy (non-hydrogen) atoms. The lowest BCUT2D eigenvalue weighted by atomic mass is 10.00. The number of H-pyrrole nitrogens is 1. The lowest BCUT2D eigenvalue weighted by molar-refractivity contribution is -0.145. The van der Waals surface area contributed by atoms with Crippen LogP contribution in [-0.2, 0) is 26.0 Å². The van der Waals surface area contributed by atoms with Gasteiger partial charge in [-0.1, -0.05) is 25.1 Å². The number of aromatic nitrogens is 1. The zero-order valence-corrected chi connectivity index (χ0v) is 15.6. The summed E-state index contributed by atoms with van der Waals surface area (Å²) in [4.78, 5) is 15.2. The van der Waals surface area contributed by atoms with Gasteiger partial charge >= 0.3 is 5.97 Å². The Morgan fingerprint density at radius 1 is 1.27 bits per heavy atom. The third kappa shape index (κ3) is 3.61. The number of carbonyl (C=O) groups is 1. The molecule has 1 aromatic carbocycles. The molecule has 1 fully saturated rings. The van der Waals surface area contributed by atoms with Crippen LogP contribution in [-0.4, -0.2) is 44.4 Å². The number of esters is 1. The van der Waals surface area contributed by atoms with E-state index in [1.54, 1.807) is 0 Å². The number of nitrogens with one attached hydrogen (secondary N) is 4. The van der Waals surface area contributed by atoms with E-state index < -0.39 is 27.3 Å². The first-order valence-corrected chi connectivity index (χ1v) is 10.1. The Hall–Kier alpha value is -1.94. The molecule has 1 aromatic heterocycles. The molecule has 8 nitrogen and oxygen atoms in total. The monoisotopic (exact) mass is 380 g/mol. The van der Waals surface area contributed by atoms with Gasteiger partial charge in [-0.2, -0.15) is 0 Å². The number of para-hydroxylation sites is 1. The van der Waals surface area contributed by atoms with Crippen molar-refractivity contribution in [3.8, 4) is 0 Å². The molecule has 0 spiro atoms. The van der Waals surface area contributed by atoms with Crippen molar-refractivity contribution in [1.29, 1.82) is 0 Å². The van der Waals surface area contributed by atoms with E-state index in [4.69, 9.17) is 4.74 Å². The van der Waals surface area contributed by atoms with E-state index in [0.717, 1.165) is 16.5 Å². The molecule has 3 unspecified atom stereocenters. The number of sulfonamides is 1. The van der Waals surface area contributed by atoms with Gasteiger partial charge in [0.1, 0.15) is 5.92 Å². The van der Waals surface area contributed by atoms with Crippen LogP contribution in [0.5, 0.6) is 0 Å². The van der Waals surface area contributed by atoms with Gasteiger partial charge in [-0.05, 0) is 24.5 Å². The lowest BCUT2D eigenvalue weighted by Crippen LogP contribution is -2.47. The normalized spacial score (nSPS) is 23.4. The van der Waals surface area contributed by atoms with Crippen LogP contribution in [0.25, 0.3) is 10.9 Å². The first-order valence-electron chi connectivity index (χ1n) is 8.60. The molecule has 0 aliphatic carbocycles. The second-order valence-corrected chi connectivity index (χ2v) is 8.21. The molecule has 1 saturated heterocycles. The van der Waals surface area contributed by atoms with Crippen LogP contribution in [0.2, 0.25) is 0 Å². The summed E-state index contributed by atoms with van der Waals surface area (Å²) in [6.45, 7) is 2.13. The van der Waals surface area contributed by atoms with Crippen LogP contribution >= 0.6 is 0 Å². The Balaban J connectivity index is 1.67. The smallest absolute Gasteiger partial charge is 0.313 e. The van der Waals surface area contributed by atoms with E-state index >= 15 is 0 Å². The molecule has 4 N–H and O–H groups in total. The third-order valence-corrected chi connectivity index (χ3v) is 6.48. The Morgan fingerprint density at radius 2 is 2.04 bits per heavy atom. The number of ether oxygens (including phenoxy) is 1. The van der Waals surface area contributed by atoms with Crippen molar-refractivity contribution >= 4 is 26.9 Å². The quantitative estimate of drug-likeness (QED) is 0.524. The molecule has 0 saturated carbocycles. The number of hydrogen-bond acceptors (Lipinski definition) is 6. The summed E-state index contributed by atoms with van der Waals surface area (Å²) < 4.78 is 32.8. The van der Waals surface area contributed by atoms with E-state index in [-0.39, 0.29) is 12.6 Å². The van der Waals surface area contributed by atoms with Crippen LogP contribution in [0, 0.1) is 5.92 Å². The van der Waals surface area contributed by atoms with Crippen molar-refractivity contribution in [2.75, 3.05) is 13.7 Å². The fourth-order valence-electron chi connectivity index (χ4n) is 3.39. The summed E-state index contributed by atoms with van der Waals surface area (Å²) >= 11 is 0. The molecule has 0 bridgehead atoms. The van der Waals surface area contributed by atoms with Crippen molar-refractivity contribution in [1.82, 2.24) is 20.6 Å². The van der Waals surface area contributed by atoms with Gasteiger partial charge in [0.2, 0.25) is 10.0 Å². The SMILES string of the molecule is CCC1NNC(S(=O)(=O)NCCc2c[nH]c3ccccc23)C1C(=O)OC. The van der Waals surface area contributed by atoms with E-state index in [0.29, 0.717) is 12.8 Å². The van der Waals surface area contributed by atoms with Crippen molar-refractivity contribution in [3.63, 3.8) is 0 Å². The van der Waals surface area contributed by atoms with Gasteiger partial charge in [-0.3, -0.25) is 10.2 Å². The van der Waals surface area contributed by atoms with Gasteiger partial charge in [0.25, 0.3) is 0 Å². The number of hydrogen-bond donors (Lipinski definition) is 4. The molecule has 2 heterocycles. The van der Waals surface area contributed by atoms with E-state index in [2.05, 4.69) is 20.6 Å². The first-order chi connectivity index (χ1) is 12.5. The molecule has 1 aliphatic rings. The number of carbonyl (C=O) groups excluding carboxylic acids is 1. The zero-order valence-electron chi connectivity index (χ0n) is 14.8. The van der Waals surface area contributed by atoms with Crippen LogP contribution in [0.4, 0.5) is 0 Å². The highest BCUT2D eigenvalue weighted by molar-refractivity contribution is 7.90. The van der Waals surface area contributed by atoms with Gasteiger partial charge < -0.3 is 9.72 Å². The molecule has 0 radical (unpaired) electrons. The van der Waals surface area contributed by atoms with Crippen molar-refractivity contribution in [2.24, 2.45) is 5.92 Å².